The molecule has 1 N–H and O–H groups in total. The Morgan fingerprint density at radius 1 is 1.27 bits per heavy atom. The molecule has 1 amide bonds. The highest BCUT2D eigenvalue weighted by atomic mass is 16.2. The smallest absolute Gasteiger partial charge is 0.225 e. The zero-order valence-corrected chi connectivity index (χ0v) is 13.5. The van der Waals surface area contributed by atoms with E-state index in [2.05, 4.69) is 21.3 Å². The maximum absolute atomic E-state index is 12.4. The minimum Gasteiger partial charge on any atom is -0.370 e. The van der Waals surface area contributed by atoms with E-state index in [4.69, 9.17) is 0 Å². The average molecular weight is 297 g/mol. The number of para-hydroxylation sites is 1. The van der Waals surface area contributed by atoms with E-state index in [1.807, 2.05) is 51.2 Å². The maximum Gasteiger partial charge on any atom is 0.225 e. The predicted octanol–water partition coefficient (Wildman–Crippen LogP) is 2.98. The van der Waals surface area contributed by atoms with Crippen LogP contribution in [0.5, 0.6) is 0 Å². The Kier molecular flexibility index (Phi) is 3.77. The number of carbonyl (C=O) groups is 1. The molecule has 1 unspecified atom stereocenters. The SMILES string of the molecule is CC(C)(C)NC(=O)C1CCN(c2ccnc3ccccc23)C1. The molecule has 1 atom stereocenters. The molecule has 22 heavy (non-hydrogen) atoms. The van der Waals surface area contributed by atoms with Crippen LogP contribution in [0.2, 0.25) is 0 Å². The molecule has 1 aromatic heterocycles. The van der Waals surface area contributed by atoms with Crippen molar-refractivity contribution in [3.63, 3.8) is 0 Å². The topological polar surface area (TPSA) is 45.2 Å². The van der Waals surface area contributed by atoms with Crippen molar-refractivity contribution in [2.75, 3.05) is 18.0 Å². The van der Waals surface area contributed by atoms with E-state index in [9.17, 15) is 4.79 Å². The highest BCUT2D eigenvalue weighted by Crippen LogP contribution is 2.30. The van der Waals surface area contributed by atoms with Crippen molar-refractivity contribution in [1.29, 1.82) is 0 Å². The lowest BCUT2D eigenvalue weighted by Crippen LogP contribution is -2.44. The molecule has 0 aliphatic carbocycles. The second-order valence-electron chi connectivity index (χ2n) is 7.02. The van der Waals surface area contributed by atoms with Crippen molar-refractivity contribution in [3.05, 3.63) is 36.5 Å². The average Bonchev–Trinajstić information content (AvgIpc) is 2.94. The van der Waals surface area contributed by atoms with Crippen molar-refractivity contribution in [1.82, 2.24) is 10.3 Å². The number of anilines is 1. The van der Waals surface area contributed by atoms with E-state index in [0.29, 0.717) is 0 Å². The van der Waals surface area contributed by atoms with Gasteiger partial charge in [0.2, 0.25) is 5.91 Å². The van der Waals surface area contributed by atoms with E-state index < -0.39 is 0 Å². The number of pyridine rings is 1. The number of nitrogens with one attached hydrogen (secondary N) is 1. The molecule has 1 aliphatic rings. The molecular weight excluding hydrogens is 274 g/mol. The van der Waals surface area contributed by atoms with Gasteiger partial charge in [0.1, 0.15) is 0 Å². The number of nitrogens with zero attached hydrogens (tertiary/aromatic N) is 2. The Morgan fingerprint density at radius 3 is 2.82 bits per heavy atom. The fourth-order valence-electron chi connectivity index (χ4n) is 3.02. The Bertz CT molecular complexity index is 685. The summed E-state index contributed by atoms with van der Waals surface area (Å²) in [6, 6.07) is 10.2. The van der Waals surface area contributed by atoms with Crippen LogP contribution in [0.15, 0.2) is 36.5 Å². The van der Waals surface area contributed by atoms with Crippen LogP contribution in [0.4, 0.5) is 5.69 Å². The number of rotatable bonds is 2. The third kappa shape index (κ3) is 3.06. The standard InChI is InChI=1S/C18H23N3O/c1-18(2,3)20-17(22)13-9-11-21(12-13)16-8-10-19-15-7-5-4-6-14(15)16/h4-8,10,13H,9,11-12H2,1-3H3,(H,20,22). The molecule has 0 radical (unpaired) electrons. The van der Waals surface area contributed by atoms with Gasteiger partial charge >= 0.3 is 0 Å². The first-order chi connectivity index (χ1) is 10.4. The summed E-state index contributed by atoms with van der Waals surface area (Å²) < 4.78 is 0. The summed E-state index contributed by atoms with van der Waals surface area (Å²) in [4.78, 5) is 19.1. The van der Waals surface area contributed by atoms with Gasteiger partial charge in [-0.3, -0.25) is 9.78 Å². The second kappa shape index (κ2) is 5.59. The summed E-state index contributed by atoms with van der Waals surface area (Å²) >= 11 is 0. The van der Waals surface area contributed by atoms with Crippen LogP contribution in [-0.2, 0) is 4.79 Å². The molecule has 4 nitrogen and oxygen atoms in total. The van der Waals surface area contributed by atoms with Gasteiger partial charge in [0.25, 0.3) is 0 Å². The van der Waals surface area contributed by atoms with Gasteiger partial charge in [-0.15, -0.1) is 0 Å². The van der Waals surface area contributed by atoms with E-state index in [0.717, 1.165) is 30.4 Å². The number of aromatic nitrogens is 1. The van der Waals surface area contributed by atoms with Crippen molar-refractivity contribution in [3.8, 4) is 0 Å². The van der Waals surface area contributed by atoms with E-state index in [1.54, 1.807) is 0 Å². The summed E-state index contributed by atoms with van der Waals surface area (Å²) in [6.07, 6.45) is 2.75. The number of amides is 1. The second-order valence-corrected chi connectivity index (χ2v) is 7.02. The van der Waals surface area contributed by atoms with Crippen molar-refractivity contribution in [2.45, 2.75) is 32.7 Å². The Labute approximate surface area is 131 Å². The van der Waals surface area contributed by atoms with Gasteiger partial charge in [-0.1, -0.05) is 18.2 Å². The van der Waals surface area contributed by atoms with E-state index in [1.165, 1.54) is 5.69 Å². The number of fused-ring (bicyclic) bond motifs is 1. The van der Waals surface area contributed by atoms with E-state index in [-0.39, 0.29) is 17.4 Å². The van der Waals surface area contributed by atoms with Gasteiger partial charge in [-0.05, 0) is 39.3 Å². The van der Waals surface area contributed by atoms with Crippen LogP contribution >= 0.6 is 0 Å². The van der Waals surface area contributed by atoms with Gasteiger partial charge < -0.3 is 10.2 Å². The lowest BCUT2D eigenvalue weighted by Gasteiger charge is -2.24. The van der Waals surface area contributed by atoms with Gasteiger partial charge in [0.15, 0.2) is 0 Å². The summed E-state index contributed by atoms with van der Waals surface area (Å²) in [5, 5.41) is 4.25. The summed E-state index contributed by atoms with van der Waals surface area (Å²) in [7, 11) is 0. The fourth-order valence-corrected chi connectivity index (χ4v) is 3.02. The van der Waals surface area contributed by atoms with E-state index >= 15 is 0 Å². The monoisotopic (exact) mass is 297 g/mol. The van der Waals surface area contributed by atoms with Crippen molar-refractivity contribution < 1.29 is 4.79 Å². The highest BCUT2D eigenvalue weighted by molar-refractivity contribution is 5.92. The lowest BCUT2D eigenvalue weighted by atomic mass is 10.0. The summed E-state index contributed by atoms with van der Waals surface area (Å²) in [6.45, 7) is 7.75. The molecule has 3 rings (SSSR count). The zero-order chi connectivity index (χ0) is 15.7. The highest BCUT2D eigenvalue weighted by Gasteiger charge is 2.30. The molecule has 1 fully saturated rings. The molecule has 0 spiro atoms. The largest absolute Gasteiger partial charge is 0.370 e. The van der Waals surface area contributed by atoms with Crippen LogP contribution in [0.1, 0.15) is 27.2 Å². The van der Waals surface area contributed by atoms with Crippen LogP contribution in [0.25, 0.3) is 10.9 Å². The van der Waals surface area contributed by atoms with Crippen LogP contribution < -0.4 is 10.2 Å². The first-order valence-electron chi connectivity index (χ1n) is 7.85. The van der Waals surface area contributed by atoms with Gasteiger partial charge in [0.05, 0.1) is 11.4 Å². The van der Waals surface area contributed by atoms with Crippen LogP contribution in [-0.4, -0.2) is 29.5 Å². The molecule has 2 heterocycles. The first kappa shape index (κ1) is 14.8. The first-order valence-corrected chi connectivity index (χ1v) is 7.85. The van der Waals surface area contributed by atoms with Crippen LogP contribution in [0.3, 0.4) is 0 Å². The molecule has 4 heteroatoms. The summed E-state index contributed by atoms with van der Waals surface area (Å²) in [5.74, 6) is 0.222. The number of hydrogen-bond acceptors (Lipinski definition) is 3. The van der Waals surface area contributed by atoms with Crippen molar-refractivity contribution >= 4 is 22.5 Å². The fraction of sp³-hybridized carbons (Fsp3) is 0.444. The van der Waals surface area contributed by atoms with Gasteiger partial charge in [-0.25, -0.2) is 0 Å². The molecule has 1 aromatic carbocycles. The third-order valence-electron chi connectivity index (χ3n) is 4.02. The Balaban J connectivity index is 1.79. The third-order valence-corrected chi connectivity index (χ3v) is 4.02. The zero-order valence-electron chi connectivity index (χ0n) is 13.5. The molecule has 2 aromatic rings. The minimum atomic E-state index is -0.173. The summed E-state index contributed by atoms with van der Waals surface area (Å²) in [5.41, 5.74) is 2.01. The van der Waals surface area contributed by atoms with Crippen molar-refractivity contribution in [2.24, 2.45) is 5.92 Å². The van der Waals surface area contributed by atoms with Crippen LogP contribution in [0, 0.1) is 5.92 Å². The number of hydrogen-bond donors (Lipinski definition) is 1. The molecule has 1 aliphatic heterocycles. The number of benzene rings is 1. The maximum atomic E-state index is 12.4. The molecule has 0 bridgehead atoms. The quantitative estimate of drug-likeness (QED) is 0.927. The Hall–Kier alpha value is -2.10. The number of carbonyl (C=O) groups excluding carboxylic acids is 1. The van der Waals surface area contributed by atoms with Gasteiger partial charge in [0, 0.05) is 35.9 Å². The predicted molar refractivity (Wildman–Crippen MR) is 90.0 cm³/mol. The molecular formula is C18H23N3O. The Morgan fingerprint density at radius 2 is 2.05 bits per heavy atom. The normalized spacial score (nSPS) is 18.7. The molecule has 1 saturated heterocycles. The minimum absolute atomic E-state index is 0.0613. The lowest BCUT2D eigenvalue weighted by molar-refractivity contribution is -0.125. The van der Waals surface area contributed by atoms with Gasteiger partial charge in [-0.2, -0.15) is 0 Å². The molecule has 116 valence electrons. The molecule has 0 saturated carbocycles.